The van der Waals surface area contributed by atoms with E-state index in [4.69, 9.17) is 9.47 Å². The van der Waals surface area contributed by atoms with Gasteiger partial charge in [-0.2, -0.15) is 0 Å². The van der Waals surface area contributed by atoms with Gasteiger partial charge in [0.05, 0.1) is 19.8 Å². The van der Waals surface area contributed by atoms with Crippen LogP contribution in [-0.4, -0.2) is 75.2 Å². The Morgan fingerprint density at radius 1 is 1.17 bits per heavy atom. The Kier molecular flexibility index (Phi) is 5.03. The number of ether oxygens (including phenoxy) is 2. The zero-order valence-corrected chi connectivity index (χ0v) is 13.9. The first-order chi connectivity index (χ1) is 11.2. The third-order valence-electron chi connectivity index (χ3n) is 4.75. The zero-order valence-electron chi connectivity index (χ0n) is 13.9. The van der Waals surface area contributed by atoms with Crippen molar-refractivity contribution in [3.63, 3.8) is 0 Å². The van der Waals surface area contributed by atoms with Gasteiger partial charge in [0, 0.05) is 45.3 Å². The van der Waals surface area contributed by atoms with Crippen LogP contribution < -0.4 is 14.8 Å². The molecule has 2 heterocycles. The van der Waals surface area contributed by atoms with Gasteiger partial charge in [0.1, 0.15) is 0 Å². The molecule has 1 atom stereocenters. The predicted octanol–water partition coefficient (Wildman–Crippen LogP) is 0.824. The molecule has 0 aliphatic carbocycles. The van der Waals surface area contributed by atoms with E-state index in [0.717, 1.165) is 45.7 Å². The van der Waals surface area contributed by atoms with Gasteiger partial charge in [0.25, 0.3) is 5.91 Å². The standard InChI is InChI=1S/C17H25N3O3/c1-22-15-5-3-4-14(16(15)23-2)17(21)20-9-6-13(12-20)19-10-7-18-8-11-19/h3-5,13,18H,6-12H2,1-2H3. The molecule has 1 aromatic rings. The highest BCUT2D eigenvalue weighted by Crippen LogP contribution is 2.32. The molecule has 1 N–H and O–H groups in total. The van der Waals surface area contributed by atoms with E-state index in [-0.39, 0.29) is 5.91 Å². The second-order valence-corrected chi connectivity index (χ2v) is 6.02. The average Bonchev–Trinajstić information content (AvgIpc) is 3.11. The van der Waals surface area contributed by atoms with E-state index in [1.54, 1.807) is 14.2 Å². The summed E-state index contributed by atoms with van der Waals surface area (Å²) in [5.41, 5.74) is 0.577. The van der Waals surface area contributed by atoms with Gasteiger partial charge in [0.2, 0.25) is 0 Å². The molecule has 2 saturated heterocycles. The molecule has 0 bridgehead atoms. The zero-order chi connectivity index (χ0) is 16.2. The van der Waals surface area contributed by atoms with E-state index in [1.807, 2.05) is 23.1 Å². The molecule has 0 aromatic heterocycles. The number of likely N-dealkylation sites (tertiary alicyclic amines) is 1. The molecule has 2 fully saturated rings. The fraction of sp³-hybridized carbons (Fsp3) is 0.588. The van der Waals surface area contributed by atoms with Gasteiger partial charge in [-0.1, -0.05) is 6.07 Å². The molecule has 0 saturated carbocycles. The Bertz CT molecular complexity index is 558. The molecule has 1 aromatic carbocycles. The molecule has 1 unspecified atom stereocenters. The van der Waals surface area contributed by atoms with Gasteiger partial charge in [-0.25, -0.2) is 0 Å². The van der Waals surface area contributed by atoms with Gasteiger partial charge in [-0.05, 0) is 18.6 Å². The number of carbonyl (C=O) groups is 1. The summed E-state index contributed by atoms with van der Waals surface area (Å²) in [6.07, 6.45) is 1.04. The molecule has 126 valence electrons. The monoisotopic (exact) mass is 319 g/mol. The first kappa shape index (κ1) is 16.1. The van der Waals surface area contributed by atoms with Gasteiger partial charge in [-0.15, -0.1) is 0 Å². The van der Waals surface area contributed by atoms with Crippen LogP contribution in [0.5, 0.6) is 11.5 Å². The molecule has 2 aliphatic rings. The van der Waals surface area contributed by atoms with Crippen molar-refractivity contribution in [1.29, 1.82) is 0 Å². The molecule has 3 rings (SSSR count). The number of carbonyl (C=O) groups excluding carboxylic acids is 1. The predicted molar refractivity (Wildman–Crippen MR) is 88.3 cm³/mol. The maximum atomic E-state index is 12.9. The summed E-state index contributed by atoms with van der Waals surface area (Å²) in [4.78, 5) is 17.3. The molecule has 0 radical (unpaired) electrons. The van der Waals surface area contributed by atoms with E-state index in [1.165, 1.54) is 0 Å². The van der Waals surface area contributed by atoms with Crippen LogP contribution >= 0.6 is 0 Å². The first-order valence-electron chi connectivity index (χ1n) is 8.19. The summed E-state index contributed by atoms with van der Waals surface area (Å²) in [7, 11) is 3.16. The fourth-order valence-corrected chi connectivity index (χ4v) is 3.50. The number of amides is 1. The van der Waals surface area contributed by atoms with E-state index in [0.29, 0.717) is 23.1 Å². The summed E-state index contributed by atoms with van der Waals surface area (Å²) in [6, 6.07) is 5.92. The van der Waals surface area contributed by atoms with Crippen molar-refractivity contribution in [3.05, 3.63) is 23.8 Å². The number of rotatable bonds is 4. The van der Waals surface area contributed by atoms with Gasteiger partial charge < -0.3 is 19.7 Å². The summed E-state index contributed by atoms with van der Waals surface area (Å²) in [5, 5.41) is 3.37. The normalized spacial score (nSPS) is 22.2. The SMILES string of the molecule is COc1cccc(C(=O)N2CCC(N3CCNCC3)C2)c1OC. The Balaban J connectivity index is 1.72. The first-order valence-corrected chi connectivity index (χ1v) is 8.19. The quantitative estimate of drug-likeness (QED) is 0.891. The lowest BCUT2D eigenvalue weighted by Crippen LogP contribution is -2.49. The minimum Gasteiger partial charge on any atom is -0.493 e. The smallest absolute Gasteiger partial charge is 0.257 e. The van der Waals surface area contributed by atoms with Crippen LogP contribution in [0.3, 0.4) is 0 Å². The summed E-state index contributed by atoms with van der Waals surface area (Å²) < 4.78 is 10.7. The molecular weight excluding hydrogens is 294 g/mol. The highest BCUT2D eigenvalue weighted by molar-refractivity contribution is 5.98. The third-order valence-corrected chi connectivity index (χ3v) is 4.75. The summed E-state index contributed by atoms with van der Waals surface area (Å²) >= 11 is 0. The number of piperazine rings is 1. The Morgan fingerprint density at radius 3 is 2.65 bits per heavy atom. The summed E-state index contributed by atoms with van der Waals surface area (Å²) in [6.45, 7) is 5.79. The third kappa shape index (κ3) is 3.28. The van der Waals surface area contributed by atoms with Crippen LogP contribution in [0.15, 0.2) is 18.2 Å². The number of benzene rings is 1. The minimum absolute atomic E-state index is 0.0263. The van der Waals surface area contributed by atoms with Crippen molar-refractivity contribution >= 4 is 5.91 Å². The minimum atomic E-state index is 0.0263. The van der Waals surface area contributed by atoms with Crippen LogP contribution in [0.1, 0.15) is 16.8 Å². The van der Waals surface area contributed by atoms with Gasteiger partial charge in [-0.3, -0.25) is 9.69 Å². The van der Waals surface area contributed by atoms with Crippen molar-refractivity contribution in [2.24, 2.45) is 0 Å². The molecular formula is C17H25N3O3. The van der Waals surface area contributed by atoms with Crippen LogP contribution in [-0.2, 0) is 0 Å². The van der Waals surface area contributed by atoms with Crippen LogP contribution in [0.25, 0.3) is 0 Å². The maximum Gasteiger partial charge on any atom is 0.257 e. The number of para-hydroxylation sites is 1. The number of methoxy groups -OCH3 is 2. The number of nitrogens with one attached hydrogen (secondary N) is 1. The van der Waals surface area contributed by atoms with Crippen molar-refractivity contribution in [1.82, 2.24) is 15.1 Å². The highest BCUT2D eigenvalue weighted by atomic mass is 16.5. The number of hydrogen-bond acceptors (Lipinski definition) is 5. The lowest BCUT2D eigenvalue weighted by molar-refractivity contribution is 0.0769. The van der Waals surface area contributed by atoms with Gasteiger partial charge in [0.15, 0.2) is 11.5 Å². The number of hydrogen-bond donors (Lipinski definition) is 1. The highest BCUT2D eigenvalue weighted by Gasteiger charge is 2.32. The molecule has 6 nitrogen and oxygen atoms in total. The number of nitrogens with zero attached hydrogens (tertiary/aromatic N) is 2. The van der Waals surface area contributed by atoms with E-state index >= 15 is 0 Å². The van der Waals surface area contributed by atoms with Crippen LogP contribution in [0.2, 0.25) is 0 Å². The lowest BCUT2D eigenvalue weighted by atomic mass is 10.1. The molecule has 2 aliphatic heterocycles. The van der Waals surface area contributed by atoms with E-state index in [2.05, 4.69) is 10.2 Å². The molecule has 6 heteroatoms. The Hall–Kier alpha value is -1.79. The van der Waals surface area contributed by atoms with Crippen LogP contribution in [0, 0.1) is 0 Å². The van der Waals surface area contributed by atoms with Gasteiger partial charge >= 0.3 is 0 Å². The van der Waals surface area contributed by atoms with Crippen molar-refractivity contribution in [2.45, 2.75) is 12.5 Å². The largest absolute Gasteiger partial charge is 0.493 e. The lowest BCUT2D eigenvalue weighted by Gasteiger charge is -2.32. The topological polar surface area (TPSA) is 54.0 Å². The average molecular weight is 319 g/mol. The maximum absolute atomic E-state index is 12.9. The second kappa shape index (κ2) is 7.19. The van der Waals surface area contributed by atoms with Crippen molar-refractivity contribution in [3.8, 4) is 11.5 Å². The fourth-order valence-electron chi connectivity index (χ4n) is 3.50. The van der Waals surface area contributed by atoms with E-state index < -0.39 is 0 Å². The molecule has 0 spiro atoms. The van der Waals surface area contributed by atoms with E-state index in [9.17, 15) is 4.79 Å². The van der Waals surface area contributed by atoms with Crippen molar-refractivity contribution in [2.75, 3.05) is 53.5 Å². The van der Waals surface area contributed by atoms with Crippen LogP contribution in [0.4, 0.5) is 0 Å². The Labute approximate surface area is 137 Å². The Morgan fingerprint density at radius 2 is 1.96 bits per heavy atom. The van der Waals surface area contributed by atoms with Crippen molar-refractivity contribution < 1.29 is 14.3 Å². The molecule has 23 heavy (non-hydrogen) atoms. The molecule has 1 amide bonds. The second-order valence-electron chi connectivity index (χ2n) is 6.02. The summed E-state index contributed by atoms with van der Waals surface area (Å²) in [5.74, 6) is 1.14.